The summed E-state index contributed by atoms with van der Waals surface area (Å²) in [7, 11) is -3.43. The van der Waals surface area contributed by atoms with Gasteiger partial charge < -0.3 is 9.64 Å². The lowest BCUT2D eigenvalue weighted by atomic mass is 9.99. The Balaban J connectivity index is 1.80. The zero-order valence-corrected chi connectivity index (χ0v) is 16.5. The molecule has 0 amide bonds. The van der Waals surface area contributed by atoms with Crippen LogP contribution < -0.4 is 4.90 Å². The molecule has 0 atom stereocenters. The van der Waals surface area contributed by atoms with Gasteiger partial charge in [0.05, 0.1) is 11.2 Å². The van der Waals surface area contributed by atoms with Crippen molar-refractivity contribution >= 4 is 15.8 Å². The standard InChI is InChI=1S/C18H29N3O3S/c1-17(2)13-20(14-18(3,4)24-17)16-9-8-15(12-19-16)25(22,23)21-10-6-5-7-11-21/h8-9,12H,5-7,10-11,13-14H2,1-4H3. The lowest BCUT2D eigenvalue weighted by Gasteiger charge is -2.47. The molecule has 2 fully saturated rings. The second kappa shape index (κ2) is 6.52. The molecule has 25 heavy (non-hydrogen) atoms. The van der Waals surface area contributed by atoms with E-state index >= 15 is 0 Å². The number of morpholine rings is 1. The zero-order chi connectivity index (χ0) is 18.3. The predicted molar refractivity (Wildman–Crippen MR) is 98.3 cm³/mol. The molecule has 0 N–H and O–H groups in total. The molecule has 2 saturated heterocycles. The minimum atomic E-state index is -3.43. The lowest BCUT2D eigenvalue weighted by Crippen LogP contribution is -2.57. The van der Waals surface area contributed by atoms with Crippen LogP contribution in [0.1, 0.15) is 47.0 Å². The molecule has 2 aliphatic heterocycles. The number of rotatable bonds is 3. The lowest BCUT2D eigenvalue weighted by molar-refractivity contribution is -0.133. The molecule has 7 heteroatoms. The van der Waals surface area contributed by atoms with Gasteiger partial charge in [-0.15, -0.1) is 0 Å². The molecule has 1 aromatic rings. The van der Waals surface area contributed by atoms with Crippen molar-refractivity contribution in [3.63, 3.8) is 0 Å². The third-order valence-electron chi connectivity index (χ3n) is 4.69. The molecule has 6 nitrogen and oxygen atoms in total. The maximum atomic E-state index is 12.7. The molecule has 0 aromatic carbocycles. The van der Waals surface area contributed by atoms with Crippen LogP contribution in [0.3, 0.4) is 0 Å². The average Bonchev–Trinajstić information content (AvgIpc) is 2.53. The maximum absolute atomic E-state index is 12.7. The normalized spacial score (nSPS) is 24.2. The average molecular weight is 368 g/mol. The van der Waals surface area contributed by atoms with Gasteiger partial charge in [-0.25, -0.2) is 13.4 Å². The van der Waals surface area contributed by atoms with Gasteiger partial charge in [0.2, 0.25) is 10.0 Å². The molecule has 0 radical (unpaired) electrons. The Labute approximate surface area is 151 Å². The molecule has 0 bridgehead atoms. The second-order valence-electron chi connectivity index (χ2n) is 8.29. The molecule has 2 aliphatic rings. The summed E-state index contributed by atoms with van der Waals surface area (Å²) in [4.78, 5) is 6.91. The minimum absolute atomic E-state index is 0.276. The smallest absolute Gasteiger partial charge is 0.244 e. The first-order chi connectivity index (χ1) is 11.6. The van der Waals surface area contributed by atoms with Crippen molar-refractivity contribution in [3.8, 4) is 0 Å². The number of sulfonamides is 1. The van der Waals surface area contributed by atoms with Gasteiger partial charge in [0, 0.05) is 32.4 Å². The Morgan fingerprint density at radius 3 is 2.12 bits per heavy atom. The number of pyridine rings is 1. The Hall–Kier alpha value is -1.18. The fourth-order valence-corrected chi connectivity index (χ4v) is 5.38. The van der Waals surface area contributed by atoms with E-state index in [-0.39, 0.29) is 16.1 Å². The summed E-state index contributed by atoms with van der Waals surface area (Å²) in [6, 6.07) is 3.50. The highest BCUT2D eigenvalue weighted by atomic mass is 32.2. The van der Waals surface area contributed by atoms with Crippen LogP contribution in [-0.2, 0) is 14.8 Å². The molecule has 3 heterocycles. The van der Waals surface area contributed by atoms with Crippen molar-refractivity contribution < 1.29 is 13.2 Å². The minimum Gasteiger partial charge on any atom is -0.366 e. The van der Waals surface area contributed by atoms with Gasteiger partial charge >= 0.3 is 0 Å². The van der Waals surface area contributed by atoms with Crippen LogP contribution in [0.5, 0.6) is 0 Å². The van der Waals surface area contributed by atoms with E-state index in [4.69, 9.17) is 4.74 Å². The van der Waals surface area contributed by atoms with Crippen LogP contribution >= 0.6 is 0 Å². The Kier molecular flexibility index (Phi) is 4.85. The van der Waals surface area contributed by atoms with Crippen molar-refractivity contribution in [3.05, 3.63) is 18.3 Å². The summed E-state index contributed by atoms with van der Waals surface area (Å²) < 4.78 is 33.1. The van der Waals surface area contributed by atoms with E-state index in [0.29, 0.717) is 13.1 Å². The van der Waals surface area contributed by atoms with Crippen LogP contribution in [0.15, 0.2) is 23.2 Å². The highest BCUT2D eigenvalue weighted by Crippen LogP contribution is 2.31. The topological polar surface area (TPSA) is 62.7 Å². The van der Waals surface area contributed by atoms with Crippen molar-refractivity contribution in [2.24, 2.45) is 0 Å². The van der Waals surface area contributed by atoms with Crippen molar-refractivity contribution in [1.82, 2.24) is 9.29 Å². The van der Waals surface area contributed by atoms with Gasteiger partial charge in [0.1, 0.15) is 10.7 Å². The van der Waals surface area contributed by atoms with Gasteiger partial charge in [0.15, 0.2) is 0 Å². The van der Waals surface area contributed by atoms with Crippen molar-refractivity contribution in [2.45, 2.75) is 63.1 Å². The number of hydrogen-bond acceptors (Lipinski definition) is 5. The van der Waals surface area contributed by atoms with Crippen molar-refractivity contribution in [2.75, 3.05) is 31.1 Å². The van der Waals surface area contributed by atoms with Gasteiger partial charge in [-0.1, -0.05) is 6.42 Å². The van der Waals surface area contributed by atoms with E-state index < -0.39 is 10.0 Å². The number of nitrogens with zero attached hydrogens (tertiary/aromatic N) is 3. The fourth-order valence-electron chi connectivity index (χ4n) is 3.92. The van der Waals surface area contributed by atoms with Crippen molar-refractivity contribution in [1.29, 1.82) is 0 Å². The first-order valence-electron chi connectivity index (χ1n) is 9.01. The maximum Gasteiger partial charge on any atom is 0.244 e. The van der Waals surface area contributed by atoms with E-state index in [2.05, 4.69) is 37.6 Å². The molecule has 140 valence electrons. The summed E-state index contributed by atoms with van der Waals surface area (Å²) in [6.45, 7) is 10.9. The summed E-state index contributed by atoms with van der Waals surface area (Å²) in [5.74, 6) is 0.794. The monoisotopic (exact) mass is 367 g/mol. The van der Waals surface area contributed by atoms with Gasteiger partial charge in [0.25, 0.3) is 0 Å². The first-order valence-corrected chi connectivity index (χ1v) is 10.4. The number of anilines is 1. The fraction of sp³-hybridized carbons (Fsp3) is 0.722. The van der Waals surface area contributed by atoms with Crippen LogP contribution in [0.25, 0.3) is 0 Å². The third-order valence-corrected chi connectivity index (χ3v) is 6.58. The second-order valence-corrected chi connectivity index (χ2v) is 10.2. The van der Waals surface area contributed by atoms with Gasteiger partial charge in [-0.2, -0.15) is 4.31 Å². The van der Waals surface area contributed by atoms with Gasteiger partial charge in [-0.3, -0.25) is 0 Å². The Bertz CT molecular complexity index is 692. The predicted octanol–water partition coefficient (Wildman–Crippen LogP) is 2.65. The third kappa shape index (κ3) is 4.15. The summed E-state index contributed by atoms with van der Waals surface area (Å²) in [6.07, 6.45) is 4.46. The summed E-state index contributed by atoms with van der Waals surface area (Å²) >= 11 is 0. The molecular formula is C18H29N3O3S. The summed E-state index contributed by atoms with van der Waals surface area (Å²) in [5, 5.41) is 0. The van der Waals surface area contributed by atoms with E-state index in [1.807, 2.05) is 6.07 Å². The number of hydrogen-bond donors (Lipinski definition) is 0. The highest BCUT2D eigenvalue weighted by Gasteiger charge is 2.38. The van der Waals surface area contributed by atoms with E-state index in [1.54, 1.807) is 10.4 Å². The number of piperidine rings is 1. The highest BCUT2D eigenvalue weighted by molar-refractivity contribution is 7.89. The molecule has 0 spiro atoms. The van der Waals surface area contributed by atoms with E-state index in [0.717, 1.165) is 38.2 Å². The SMILES string of the molecule is CC1(C)CN(c2ccc(S(=O)(=O)N3CCCCC3)cn2)CC(C)(C)O1. The largest absolute Gasteiger partial charge is 0.366 e. The van der Waals surface area contributed by atoms with Crippen LogP contribution in [0.2, 0.25) is 0 Å². The zero-order valence-electron chi connectivity index (χ0n) is 15.7. The van der Waals surface area contributed by atoms with Crippen LogP contribution in [0, 0.1) is 0 Å². The Morgan fingerprint density at radius 2 is 1.60 bits per heavy atom. The molecule has 0 unspecified atom stereocenters. The van der Waals surface area contributed by atoms with Gasteiger partial charge in [-0.05, 0) is 52.7 Å². The van der Waals surface area contributed by atoms with E-state index in [1.165, 1.54) is 6.20 Å². The van der Waals surface area contributed by atoms with Crippen LogP contribution in [-0.4, -0.2) is 55.1 Å². The van der Waals surface area contributed by atoms with Crippen LogP contribution in [0.4, 0.5) is 5.82 Å². The molecule has 0 saturated carbocycles. The van der Waals surface area contributed by atoms with E-state index in [9.17, 15) is 8.42 Å². The number of aromatic nitrogens is 1. The molecular weight excluding hydrogens is 338 g/mol. The molecule has 1 aromatic heterocycles. The number of ether oxygens (including phenoxy) is 1. The summed E-state index contributed by atoms with van der Waals surface area (Å²) in [5.41, 5.74) is -0.552. The quantitative estimate of drug-likeness (QED) is 0.822. The molecule has 3 rings (SSSR count). The first kappa shape index (κ1) is 18.6. The Morgan fingerprint density at radius 1 is 1.00 bits per heavy atom. The molecule has 0 aliphatic carbocycles.